The minimum atomic E-state index is -3.86. The Labute approximate surface area is 256 Å². The monoisotopic (exact) mass is 643 g/mol. The quantitative estimate of drug-likeness (QED) is 0.221. The van der Waals surface area contributed by atoms with E-state index < -0.39 is 16.1 Å². The molecule has 4 rings (SSSR count). The summed E-state index contributed by atoms with van der Waals surface area (Å²) in [5.41, 5.74) is 7.03. The minimum Gasteiger partial charge on any atom is -0.394 e. The van der Waals surface area contributed by atoms with Gasteiger partial charge in [0.15, 0.2) is 22.5 Å². The van der Waals surface area contributed by atoms with Crippen LogP contribution >= 0.6 is 23.2 Å². The van der Waals surface area contributed by atoms with Crippen molar-refractivity contribution in [3.05, 3.63) is 45.7 Å². The van der Waals surface area contributed by atoms with Crippen LogP contribution in [0.25, 0.3) is 0 Å². The number of hydrogen-bond donors (Lipinski definition) is 5. The zero-order valence-corrected chi connectivity index (χ0v) is 25.9. The molecule has 1 aromatic carbocycles. The molecular formula is C26H39Cl2N9O4S. The summed E-state index contributed by atoms with van der Waals surface area (Å²) in [5, 5.41) is 18.3. The maximum Gasteiger partial charge on any atom is 0.274 e. The molecule has 2 atom stereocenters. The number of aliphatic hydroxyl groups excluding tert-OH is 1. The summed E-state index contributed by atoms with van der Waals surface area (Å²) in [5.74, 6) is -0.247. The fourth-order valence-electron chi connectivity index (χ4n) is 5.79. The highest BCUT2D eigenvalue weighted by molar-refractivity contribution is 7.87. The van der Waals surface area contributed by atoms with Crippen LogP contribution in [0.1, 0.15) is 48.3 Å². The first-order valence-corrected chi connectivity index (χ1v) is 16.3. The van der Waals surface area contributed by atoms with Crippen LogP contribution in [0.2, 0.25) is 10.2 Å². The van der Waals surface area contributed by atoms with Crippen molar-refractivity contribution in [2.24, 2.45) is 5.14 Å². The Hall–Kier alpha value is -2.30. The molecule has 2 aromatic rings. The molecule has 1 amide bonds. The number of amides is 1. The highest BCUT2D eigenvalue weighted by Gasteiger charge is 2.35. The third-order valence-corrected chi connectivity index (χ3v) is 9.04. The second-order valence-electron chi connectivity index (χ2n) is 10.5. The average Bonchev–Trinajstić information content (AvgIpc) is 2.97. The van der Waals surface area contributed by atoms with E-state index in [1.807, 2.05) is 24.3 Å². The van der Waals surface area contributed by atoms with Crippen LogP contribution in [0.4, 0.5) is 11.6 Å². The van der Waals surface area contributed by atoms with Gasteiger partial charge in [0.1, 0.15) is 0 Å². The molecule has 0 spiro atoms. The smallest absolute Gasteiger partial charge is 0.274 e. The minimum absolute atomic E-state index is 0.0173. The summed E-state index contributed by atoms with van der Waals surface area (Å²) in [6, 6.07) is 8.35. The molecule has 0 saturated carbocycles. The lowest BCUT2D eigenvalue weighted by Gasteiger charge is -2.48. The van der Waals surface area contributed by atoms with Gasteiger partial charge in [0.2, 0.25) is 0 Å². The number of halogens is 2. The number of nitrogens with one attached hydrogen (secondary N) is 2. The number of carbonyl (C=O) groups is 1. The first-order chi connectivity index (χ1) is 20.0. The van der Waals surface area contributed by atoms with Crippen molar-refractivity contribution in [1.29, 1.82) is 0 Å². The molecule has 0 bridgehead atoms. The Morgan fingerprint density at radius 3 is 2.43 bits per heavy atom. The maximum absolute atomic E-state index is 12.5. The van der Waals surface area contributed by atoms with Gasteiger partial charge in [0, 0.05) is 62.9 Å². The number of nitrogens with zero attached hydrogens (tertiary/aromatic N) is 5. The first kappa shape index (κ1) is 32.6. The van der Waals surface area contributed by atoms with Gasteiger partial charge in [-0.05, 0) is 37.0 Å². The predicted molar refractivity (Wildman–Crippen MR) is 164 cm³/mol. The first-order valence-electron chi connectivity index (χ1n) is 14.0. The zero-order chi connectivity index (χ0) is 30.4. The maximum atomic E-state index is 12.5. The Bertz CT molecular complexity index is 1330. The third kappa shape index (κ3) is 8.20. The highest BCUT2D eigenvalue weighted by Crippen LogP contribution is 2.31. The summed E-state index contributed by atoms with van der Waals surface area (Å²) in [7, 11) is -3.86. The normalized spacial score (nSPS) is 20.0. The van der Waals surface area contributed by atoms with Crippen LogP contribution in [0.15, 0.2) is 24.3 Å². The number of nitrogen functional groups attached to an aromatic ring is 1. The summed E-state index contributed by atoms with van der Waals surface area (Å²) in [6.45, 7) is 6.10. The van der Waals surface area contributed by atoms with E-state index in [2.05, 4.69) is 41.6 Å². The van der Waals surface area contributed by atoms with Crippen LogP contribution in [0.5, 0.6) is 0 Å². The van der Waals surface area contributed by atoms with Gasteiger partial charge in [-0.15, -0.1) is 0 Å². The summed E-state index contributed by atoms with van der Waals surface area (Å²) in [4.78, 5) is 28.1. The number of benzene rings is 1. The number of aliphatic hydroxyl groups is 1. The molecule has 232 valence electrons. The fourth-order valence-corrected chi connectivity index (χ4v) is 6.55. The van der Waals surface area contributed by atoms with E-state index in [4.69, 9.17) is 34.1 Å². The van der Waals surface area contributed by atoms with E-state index in [1.54, 1.807) is 0 Å². The van der Waals surface area contributed by atoms with E-state index in [-0.39, 0.29) is 48.4 Å². The third-order valence-electron chi connectivity index (χ3n) is 7.93. The van der Waals surface area contributed by atoms with Crippen molar-refractivity contribution < 1.29 is 18.3 Å². The zero-order valence-electron chi connectivity index (χ0n) is 23.5. The van der Waals surface area contributed by atoms with Crippen LogP contribution in [-0.4, -0.2) is 104 Å². The SMILES string of the molecule is CC[C@H]1CN(c2nc(N)c(C(=O)NCCNS(N)(=O)=O)nc2Cl)CCN1C1CCN(C(CO)c2ccc(Cl)cc2)CC1. The molecule has 1 unspecified atom stereocenters. The van der Waals surface area contributed by atoms with E-state index in [0.29, 0.717) is 30.0 Å². The molecule has 0 radical (unpaired) electrons. The van der Waals surface area contributed by atoms with Gasteiger partial charge in [-0.3, -0.25) is 14.6 Å². The van der Waals surface area contributed by atoms with Gasteiger partial charge in [-0.1, -0.05) is 42.3 Å². The molecule has 2 saturated heterocycles. The van der Waals surface area contributed by atoms with Crippen LogP contribution in [-0.2, 0) is 10.2 Å². The fraction of sp³-hybridized carbons (Fsp3) is 0.577. The van der Waals surface area contributed by atoms with E-state index in [9.17, 15) is 18.3 Å². The Kier molecular flexibility index (Phi) is 11.2. The molecule has 3 heterocycles. The number of nitrogens with two attached hydrogens (primary N) is 2. The van der Waals surface area contributed by atoms with E-state index in [0.717, 1.165) is 44.5 Å². The summed E-state index contributed by atoms with van der Waals surface area (Å²) in [6.07, 6.45) is 2.95. The number of piperazine rings is 1. The molecule has 0 aliphatic carbocycles. The molecule has 16 heteroatoms. The van der Waals surface area contributed by atoms with Gasteiger partial charge >= 0.3 is 0 Å². The second-order valence-corrected chi connectivity index (χ2v) is 12.7. The standard InChI is InChI=1S/C26H39Cl2N9O4S/c1-2-19-15-36(25-23(28)33-22(24(29)34-25)26(39)31-9-10-32-42(30,40)41)13-14-37(19)20-7-11-35(12-8-20)21(16-38)17-3-5-18(27)6-4-17/h3-6,19-21,32,38H,2,7-16H2,1H3,(H2,29,34)(H,31,39)(H2,30,40,41)/t19-,21?/m0/s1. The largest absolute Gasteiger partial charge is 0.394 e. The summed E-state index contributed by atoms with van der Waals surface area (Å²) < 4.78 is 24.0. The predicted octanol–water partition coefficient (Wildman–Crippen LogP) is 0.987. The van der Waals surface area contributed by atoms with Crippen molar-refractivity contribution >= 4 is 51.0 Å². The molecule has 2 fully saturated rings. The molecular weight excluding hydrogens is 605 g/mol. The number of piperidine rings is 1. The molecule has 2 aliphatic heterocycles. The molecule has 13 nitrogen and oxygen atoms in total. The van der Waals surface area contributed by atoms with Crippen LogP contribution < -0.4 is 25.8 Å². The topological polar surface area (TPSA) is 183 Å². The highest BCUT2D eigenvalue weighted by atomic mass is 35.5. The number of rotatable bonds is 11. The van der Waals surface area contributed by atoms with Crippen molar-refractivity contribution in [3.8, 4) is 0 Å². The lowest BCUT2D eigenvalue weighted by molar-refractivity contribution is 0.0356. The Morgan fingerprint density at radius 1 is 1.12 bits per heavy atom. The summed E-state index contributed by atoms with van der Waals surface area (Å²) >= 11 is 12.5. The number of hydrogen-bond acceptors (Lipinski definition) is 10. The van der Waals surface area contributed by atoms with Crippen LogP contribution in [0.3, 0.4) is 0 Å². The van der Waals surface area contributed by atoms with Crippen LogP contribution in [0, 0.1) is 0 Å². The lowest BCUT2D eigenvalue weighted by atomic mass is 9.96. The number of anilines is 2. The number of aromatic nitrogens is 2. The Morgan fingerprint density at radius 2 is 1.81 bits per heavy atom. The van der Waals surface area contributed by atoms with Crippen molar-refractivity contribution in [3.63, 3.8) is 0 Å². The molecule has 1 aromatic heterocycles. The van der Waals surface area contributed by atoms with Gasteiger partial charge in [0.05, 0.1) is 12.6 Å². The molecule has 42 heavy (non-hydrogen) atoms. The second kappa shape index (κ2) is 14.4. The lowest BCUT2D eigenvalue weighted by Crippen LogP contribution is -2.58. The Balaban J connectivity index is 1.35. The van der Waals surface area contributed by atoms with Gasteiger partial charge in [0.25, 0.3) is 16.1 Å². The number of likely N-dealkylation sites (tertiary alicyclic amines) is 1. The van der Waals surface area contributed by atoms with E-state index in [1.165, 1.54) is 0 Å². The van der Waals surface area contributed by atoms with Gasteiger partial charge in [-0.2, -0.15) is 8.42 Å². The van der Waals surface area contributed by atoms with Gasteiger partial charge < -0.3 is 21.1 Å². The van der Waals surface area contributed by atoms with Crippen molar-refractivity contribution in [2.75, 3.05) is 63.1 Å². The average molecular weight is 645 g/mol. The number of carbonyl (C=O) groups excluding carboxylic acids is 1. The van der Waals surface area contributed by atoms with Crippen molar-refractivity contribution in [2.45, 2.75) is 44.3 Å². The van der Waals surface area contributed by atoms with Crippen molar-refractivity contribution in [1.82, 2.24) is 29.8 Å². The van der Waals surface area contributed by atoms with Gasteiger partial charge in [-0.25, -0.2) is 19.8 Å². The molecule has 7 N–H and O–H groups in total. The molecule has 2 aliphatic rings. The van der Waals surface area contributed by atoms with E-state index >= 15 is 0 Å².